The molecule has 1 aromatic carbocycles. The van der Waals surface area contributed by atoms with Crippen LogP contribution in [0.15, 0.2) is 24.3 Å². The summed E-state index contributed by atoms with van der Waals surface area (Å²) in [5.74, 6) is 0.265. The van der Waals surface area contributed by atoms with Crippen LogP contribution < -0.4 is 10.1 Å². The lowest BCUT2D eigenvalue weighted by molar-refractivity contribution is -0.136. The Bertz CT molecular complexity index is 672. The van der Waals surface area contributed by atoms with Crippen molar-refractivity contribution in [1.82, 2.24) is 10.2 Å². The highest BCUT2D eigenvalue weighted by molar-refractivity contribution is 5.83. The molecule has 2 aliphatic rings. The monoisotopic (exact) mass is 378 g/mol. The van der Waals surface area contributed by atoms with Crippen molar-refractivity contribution in [1.29, 1.82) is 0 Å². The average Bonchev–Trinajstić information content (AvgIpc) is 2.84. The summed E-state index contributed by atoms with van der Waals surface area (Å²) in [6.07, 6.45) is 2.78. The van der Waals surface area contributed by atoms with Crippen LogP contribution in [0.4, 0.5) is 9.18 Å². The molecule has 148 valence electrons. The number of fused-ring (bicyclic) bond motifs is 2. The molecule has 0 saturated carbocycles. The van der Waals surface area contributed by atoms with Crippen molar-refractivity contribution < 1.29 is 23.5 Å². The highest BCUT2D eigenvalue weighted by atomic mass is 19.1. The Hall–Kier alpha value is -2.31. The highest BCUT2D eigenvalue weighted by Crippen LogP contribution is 2.37. The number of hydrogen-bond acceptors (Lipinski definition) is 4. The first-order valence-corrected chi connectivity index (χ1v) is 9.41. The van der Waals surface area contributed by atoms with Crippen LogP contribution in [0.1, 0.15) is 46.5 Å². The first-order valence-electron chi connectivity index (χ1n) is 9.41. The molecule has 1 aromatic rings. The molecule has 0 spiro atoms. The number of halogens is 1. The molecule has 0 aromatic heterocycles. The fourth-order valence-electron chi connectivity index (χ4n) is 3.89. The molecule has 6 nitrogen and oxygen atoms in total. The standard InChI is InChI=1S/C20H27FN2O4/c1-20(2,3)27-19(25)22-12-18(24)23-14-6-7-15(23)11-17(10-14)26-16-8-4-13(21)5-9-16/h4-5,8-9,14-15,17H,6-7,10-12H2,1-3H3,(H,22,25)/t14-,15+,17?. The molecule has 2 bridgehead atoms. The molecule has 27 heavy (non-hydrogen) atoms. The molecule has 3 rings (SSSR count). The van der Waals surface area contributed by atoms with Crippen molar-refractivity contribution in [3.8, 4) is 5.75 Å². The molecular formula is C20H27FN2O4. The molecule has 0 radical (unpaired) electrons. The van der Waals surface area contributed by atoms with Gasteiger partial charge < -0.3 is 19.7 Å². The molecule has 3 atom stereocenters. The Kier molecular flexibility index (Phi) is 5.58. The van der Waals surface area contributed by atoms with Gasteiger partial charge in [0.25, 0.3) is 0 Å². The minimum Gasteiger partial charge on any atom is -0.490 e. The van der Waals surface area contributed by atoms with Crippen LogP contribution >= 0.6 is 0 Å². The predicted octanol–water partition coefficient (Wildman–Crippen LogP) is 3.25. The van der Waals surface area contributed by atoms with Crippen molar-refractivity contribution in [2.75, 3.05) is 6.54 Å². The molecule has 2 heterocycles. The van der Waals surface area contributed by atoms with E-state index < -0.39 is 11.7 Å². The maximum absolute atomic E-state index is 13.0. The lowest BCUT2D eigenvalue weighted by atomic mass is 9.99. The van der Waals surface area contributed by atoms with Crippen LogP contribution in [0.3, 0.4) is 0 Å². The number of nitrogens with zero attached hydrogens (tertiary/aromatic N) is 1. The third-order valence-corrected chi connectivity index (χ3v) is 4.88. The highest BCUT2D eigenvalue weighted by Gasteiger charge is 2.43. The van der Waals surface area contributed by atoms with Gasteiger partial charge in [-0.1, -0.05) is 0 Å². The summed E-state index contributed by atoms with van der Waals surface area (Å²) < 4.78 is 24.2. The van der Waals surface area contributed by atoms with Crippen molar-refractivity contribution in [3.63, 3.8) is 0 Å². The van der Waals surface area contributed by atoms with E-state index in [2.05, 4.69) is 5.32 Å². The Morgan fingerprint density at radius 1 is 1.15 bits per heavy atom. The van der Waals surface area contributed by atoms with Gasteiger partial charge in [0.05, 0.1) is 0 Å². The summed E-state index contributed by atoms with van der Waals surface area (Å²) in [4.78, 5) is 26.2. The zero-order valence-electron chi connectivity index (χ0n) is 16.0. The van der Waals surface area contributed by atoms with Crippen molar-refractivity contribution in [2.24, 2.45) is 0 Å². The number of hydrogen-bond donors (Lipinski definition) is 1. The van der Waals surface area contributed by atoms with E-state index in [1.54, 1.807) is 32.9 Å². The number of nitrogens with one attached hydrogen (secondary N) is 1. The Labute approximate surface area is 159 Å². The Morgan fingerprint density at radius 3 is 2.30 bits per heavy atom. The number of ether oxygens (including phenoxy) is 2. The quantitative estimate of drug-likeness (QED) is 0.873. The SMILES string of the molecule is CC(C)(C)OC(=O)NCC(=O)N1[C@@H]2CC[C@H]1CC(Oc1ccc(F)cc1)C2. The van der Waals surface area contributed by atoms with Crippen molar-refractivity contribution in [2.45, 2.75) is 70.2 Å². The zero-order chi connectivity index (χ0) is 19.6. The zero-order valence-corrected chi connectivity index (χ0v) is 16.0. The van der Waals surface area contributed by atoms with Crippen molar-refractivity contribution in [3.05, 3.63) is 30.1 Å². The van der Waals surface area contributed by atoms with Crippen LogP contribution in [0.25, 0.3) is 0 Å². The van der Waals surface area contributed by atoms with Gasteiger partial charge in [0.1, 0.15) is 29.8 Å². The van der Waals surface area contributed by atoms with Crippen molar-refractivity contribution >= 4 is 12.0 Å². The Morgan fingerprint density at radius 2 is 1.74 bits per heavy atom. The molecule has 2 saturated heterocycles. The summed E-state index contributed by atoms with van der Waals surface area (Å²) in [7, 11) is 0. The molecule has 2 aliphatic heterocycles. The first kappa shape index (κ1) is 19.5. The number of carbonyl (C=O) groups is 2. The van der Waals surface area contributed by atoms with Gasteiger partial charge in [-0.05, 0) is 57.9 Å². The number of rotatable bonds is 4. The normalized spacial score (nSPS) is 24.4. The minimum absolute atomic E-state index is 0.0100. The van der Waals surface area contributed by atoms with Gasteiger partial charge >= 0.3 is 6.09 Å². The van der Waals surface area contributed by atoms with Crippen LogP contribution in [0.5, 0.6) is 5.75 Å². The number of carbonyl (C=O) groups excluding carboxylic acids is 2. The van der Waals surface area contributed by atoms with E-state index in [1.165, 1.54) is 12.1 Å². The summed E-state index contributed by atoms with van der Waals surface area (Å²) >= 11 is 0. The smallest absolute Gasteiger partial charge is 0.408 e. The maximum atomic E-state index is 13.0. The summed E-state index contributed by atoms with van der Waals surface area (Å²) in [6.45, 7) is 5.27. The second kappa shape index (κ2) is 7.74. The van der Waals surface area contributed by atoms with E-state index in [0.29, 0.717) is 5.75 Å². The maximum Gasteiger partial charge on any atom is 0.408 e. The molecule has 2 amide bonds. The number of amides is 2. The number of benzene rings is 1. The summed E-state index contributed by atoms with van der Waals surface area (Å²) in [6, 6.07) is 6.24. The van der Waals surface area contributed by atoms with Crippen LogP contribution in [0.2, 0.25) is 0 Å². The van der Waals surface area contributed by atoms with E-state index in [-0.39, 0.29) is 36.5 Å². The second-order valence-electron chi connectivity index (χ2n) is 8.21. The van der Waals surface area contributed by atoms with Gasteiger partial charge in [0.2, 0.25) is 5.91 Å². The van der Waals surface area contributed by atoms with E-state index in [0.717, 1.165) is 25.7 Å². The molecule has 0 aliphatic carbocycles. The van der Waals surface area contributed by atoms with Crippen LogP contribution in [-0.2, 0) is 9.53 Å². The third-order valence-electron chi connectivity index (χ3n) is 4.88. The lowest BCUT2D eigenvalue weighted by Gasteiger charge is -2.39. The molecule has 2 fully saturated rings. The molecule has 1 N–H and O–H groups in total. The molecule has 1 unspecified atom stereocenters. The van der Waals surface area contributed by atoms with E-state index in [1.807, 2.05) is 4.90 Å². The Balaban J connectivity index is 1.52. The topological polar surface area (TPSA) is 67.9 Å². The van der Waals surface area contributed by atoms with Gasteiger partial charge in [-0.25, -0.2) is 9.18 Å². The van der Waals surface area contributed by atoms with Gasteiger partial charge in [-0.2, -0.15) is 0 Å². The second-order valence-corrected chi connectivity index (χ2v) is 8.21. The van der Waals surface area contributed by atoms with E-state index in [9.17, 15) is 14.0 Å². The van der Waals surface area contributed by atoms with E-state index in [4.69, 9.17) is 9.47 Å². The van der Waals surface area contributed by atoms with Crippen LogP contribution in [-0.4, -0.2) is 47.2 Å². The van der Waals surface area contributed by atoms with Gasteiger partial charge in [-0.3, -0.25) is 4.79 Å². The summed E-state index contributed by atoms with van der Waals surface area (Å²) in [5.41, 5.74) is -0.595. The van der Waals surface area contributed by atoms with Gasteiger partial charge in [-0.15, -0.1) is 0 Å². The largest absolute Gasteiger partial charge is 0.490 e. The van der Waals surface area contributed by atoms with Gasteiger partial charge in [0, 0.05) is 24.9 Å². The fourth-order valence-corrected chi connectivity index (χ4v) is 3.89. The summed E-state index contributed by atoms with van der Waals surface area (Å²) in [5, 5.41) is 2.54. The van der Waals surface area contributed by atoms with Crippen LogP contribution in [0, 0.1) is 5.82 Å². The molecule has 7 heteroatoms. The number of alkyl carbamates (subject to hydrolysis) is 1. The number of piperidine rings is 1. The lowest BCUT2D eigenvalue weighted by Crippen LogP contribution is -2.52. The minimum atomic E-state index is -0.595. The average molecular weight is 378 g/mol. The molecular weight excluding hydrogens is 351 g/mol. The van der Waals surface area contributed by atoms with E-state index >= 15 is 0 Å². The first-order chi connectivity index (χ1) is 12.7. The predicted molar refractivity (Wildman–Crippen MR) is 97.9 cm³/mol. The fraction of sp³-hybridized carbons (Fsp3) is 0.600. The third kappa shape index (κ3) is 5.11. The van der Waals surface area contributed by atoms with Gasteiger partial charge in [0.15, 0.2) is 0 Å².